The summed E-state index contributed by atoms with van der Waals surface area (Å²) in [5, 5.41) is 0. The zero-order valence-corrected chi connectivity index (χ0v) is 11.6. The zero-order chi connectivity index (χ0) is 10.2. The van der Waals surface area contributed by atoms with E-state index in [2.05, 4.69) is 65.6 Å². The Morgan fingerprint density at radius 3 is 1.92 bits per heavy atom. The Kier molecular flexibility index (Phi) is 3.58. The van der Waals surface area contributed by atoms with E-state index in [-0.39, 0.29) is 3.74 Å². The molecule has 0 aliphatic carbocycles. The zero-order valence-electron chi connectivity index (χ0n) is 8.41. The third kappa shape index (κ3) is 2.16. The third-order valence-electron chi connectivity index (χ3n) is 2.76. The van der Waals surface area contributed by atoms with E-state index in [1.165, 1.54) is 27.8 Å². The second-order valence-electron chi connectivity index (χ2n) is 3.46. The molecule has 0 amide bonds. The number of aryl methyl sites for hydroxylation is 1. The molecule has 0 heterocycles. The first-order valence-corrected chi connectivity index (χ1v) is 6.13. The molecule has 0 spiro atoms. The highest BCUT2D eigenvalue weighted by atomic mass is 79.9. The maximum absolute atomic E-state index is 3.54. The van der Waals surface area contributed by atoms with Gasteiger partial charge in [0.1, 0.15) is 0 Å². The number of halogens is 2. The molecule has 0 saturated heterocycles. The topological polar surface area (TPSA) is 0 Å². The molecule has 0 atom stereocenters. The summed E-state index contributed by atoms with van der Waals surface area (Å²) >= 11 is 7.09. The van der Waals surface area contributed by atoms with Gasteiger partial charge in [0.25, 0.3) is 0 Å². The first-order chi connectivity index (χ1) is 5.95. The molecule has 0 saturated carbocycles. The van der Waals surface area contributed by atoms with E-state index in [1.807, 2.05) is 0 Å². The number of alkyl halides is 2. The van der Waals surface area contributed by atoms with Crippen LogP contribution in [-0.2, 0) is 0 Å². The molecule has 0 fully saturated rings. The van der Waals surface area contributed by atoms with Crippen molar-refractivity contribution in [1.29, 1.82) is 0 Å². The summed E-state index contributed by atoms with van der Waals surface area (Å²) in [7, 11) is 0. The molecule has 13 heavy (non-hydrogen) atoms. The predicted molar refractivity (Wildman–Crippen MR) is 66.0 cm³/mol. The number of rotatable bonds is 1. The van der Waals surface area contributed by atoms with Crippen LogP contribution in [0.15, 0.2) is 6.07 Å². The second kappa shape index (κ2) is 4.14. The van der Waals surface area contributed by atoms with E-state index >= 15 is 0 Å². The fraction of sp³-hybridized carbons (Fsp3) is 0.455. The lowest BCUT2D eigenvalue weighted by atomic mass is 9.95. The van der Waals surface area contributed by atoms with Crippen LogP contribution in [0.25, 0.3) is 0 Å². The van der Waals surface area contributed by atoms with Crippen LogP contribution in [0.3, 0.4) is 0 Å². The average molecular weight is 306 g/mol. The van der Waals surface area contributed by atoms with Crippen LogP contribution in [-0.4, -0.2) is 0 Å². The Bertz CT molecular complexity index is 327. The SMILES string of the molecule is Cc1cc(C(Br)Br)c(C)c(C)c1C. The monoisotopic (exact) mass is 304 g/mol. The van der Waals surface area contributed by atoms with E-state index in [0.29, 0.717) is 0 Å². The van der Waals surface area contributed by atoms with Gasteiger partial charge in [0, 0.05) is 0 Å². The summed E-state index contributed by atoms with van der Waals surface area (Å²) in [5.41, 5.74) is 6.88. The molecule has 2 heteroatoms. The molecular formula is C11H14Br2. The van der Waals surface area contributed by atoms with E-state index in [4.69, 9.17) is 0 Å². The van der Waals surface area contributed by atoms with Gasteiger partial charge in [-0.05, 0) is 55.5 Å². The second-order valence-corrected chi connectivity index (χ2v) is 6.52. The summed E-state index contributed by atoms with van der Waals surface area (Å²) in [6, 6.07) is 2.24. The van der Waals surface area contributed by atoms with Gasteiger partial charge in [-0.1, -0.05) is 37.9 Å². The Morgan fingerprint density at radius 2 is 1.46 bits per heavy atom. The van der Waals surface area contributed by atoms with Crippen molar-refractivity contribution < 1.29 is 0 Å². The van der Waals surface area contributed by atoms with Gasteiger partial charge in [-0.15, -0.1) is 0 Å². The quantitative estimate of drug-likeness (QED) is 0.659. The van der Waals surface area contributed by atoms with Crippen molar-refractivity contribution in [3.63, 3.8) is 0 Å². The van der Waals surface area contributed by atoms with Crippen LogP contribution in [0.5, 0.6) is 0 Å². The van der Waals surface area contributed by atoms with Gasteiger partial charge in [0.15, 0.2) is 0 Å². The van der Waals surface area contributed by atoms with Crippen molar-refractivity contribution in [2.75, 3.05) is 0 Å². The Labute approximate surface area is 97.0 Å². The number of benzene rings is 1. The molecule has 72 valence electrons. The van der Waals surface area contributed by atoms with Gasteiger partial charge in [-0.2, -0.15) is 0 Å². The molecule has 0 aromatic heterocycles. The summed E-state index contributed by atoms with van der Waals surface area (Å²) in [4.78, 5) is 0. The molecule has 0 N–H and O–H groups in total. The molecule has 0 aliphatic rings. The van der Waals surface area contributed by atoms with Gasteiger partial charge in [0.2, 0.25) is 0 Å². The molecule has 1 aromatic rings. The summed E-state index contributed by atoms with van der Waals surface area (Å²) < 4.78 is 0.262. The Morgan fingerprint density at radius 1 is 0.923 bits per heavy atom. The van der Waals surface area contributed by atoms with Crippen LogP contribution in [0, 0.1) is 27.7 Å². The van der Waals surface area contributed by atoms with E-state index < -0.39 is 0 Å². The van der Waals surface area contributed by atoms with Gasteiger partial charge in [-0.25, -0.2) is 0 Å². The fourth-order valence-electron chi connectivity index (χ4n) is 1.47. The van der Waals surface area contributed by atoms with Gasteiger partial charge in [-0.3, -0.25) is 0 Å². The molecule has 1 aromatic carbocycles. The maximum atomic E-state index is 3.54. The van der Waals surface area contributed by atoms with E-state index in [1.54, 1.807) is 0 Å². The molecule has 1 rings (SSSR count). The summed E-state index contributed by atoms with van der Waals surface area (Å²) in [5.74, 6) is 0. The van der Waals surface area contributed by atoms with Crippen LogP contribution < -0.4 is 0 Å². The minimum atomic E-state index is 0.262. The molecule has 0 bridgehead atoms. The van der Waals surface area contributed by atoms with Crippen molar-refractivity contribution in [2.45, 2.75) is 31.4 Å². The fourth-order valence-corrected chi connectivity index (χ4v) is 2.42. The number of hydrogen-bond acceptors (Lipinski definition) is 0. The minimum absolute atomic E-state index is 0.262. The summed E-state index contributed by atoms with van der Waals surface area (Å²) in [6.07, 6.45) is 0. The van der Waals surface area contributed by atoms with Crippen LogP contribution in [0.4, 0.5) is 0 Å². The van der Waals surface area contributed by atoms with Gasteiger partial charge < -0.3 is 0 Å². The van der Waals surface area contributed by atoms with Gasteiger partial charge >= 0.3 is 0 Å². The Balaban J connectivity index is 3.41. The molecule has 0 unspecified atom stereocenters. The third-order valence-corrected chi connectivity index (χ3v) is 3.74. The number of hydrogen-bond donors (Lipinski definition) is 0. The highest BCUT2D eigenvalue weighted by Crippen LogP contribution is 2.34. The Hall–Kier alpha value is 0.180. The van der Waals surface area contributed by atoms with Crippen molar-refractivity contribution in [3.8, 4) is 0 Å². The minimum Gasteiger partial charge on any atom is -0.0712 e. The van der Waals surface area contributed by atoms with Gasteiger partial charge in [0.05, 0.1) is 3.74 Å². The van der Waals surface area contributed by atoms with Crippen LogP contribution >= 0.6 is 31.9 Å². The highest BCUT2D eigenvalue weighted by molar-refractivity contribution is 9.24. The van der Waals surface area contributed by atoms with Crippen LogP contribution in [0.2, 0.25) is 0 Å². The lowest BCUT2D eigenvalue weighted by Gasteiger charge is -2.14. The van der Waals surface area contributed by atoms with Crippen molar-refractivity contribution in [3.05, 3.63) is 33.9 Å². The first-order valence-electron chi connectivity index (χ1n) is 4.30. The van der Waals surface area contributed by atoms with E-state index in [0.717, 1.165) is 0 Å². The highest BCUT2D eigenvalue weighted by Gasteiger charge is 2.11. The molecular weight excluding hydrogens is 292 g/mol. The largest absolute Gasteiger partial charge is 0.0949 e. The standard InChI is InChI=1S/C11H14Br2/c1-6-5-10(11(12)13)9(4)8(3)7(6)2/h5,11H,1-4H3. The molecule has 0 nitrogen and oxygen atoms in total. The molecule has 0 aliphatic heterocycles. The van der Waals surface area contributed by atoms with Crippen molar-refractivity contribution >= 4 is 31.9 Å². The summed E-state index contributed by atoms with van der Waals surface area (Å²) in [6.45, 7) is 8.70. The normalized spacial score (nSPS) is 11.0. The van der Waals surface area contributed by atoms with Crippen LogP contribution in [0.1, 0.15) is 31.6 Å². The van der Waals surface area contributed by atoms with E-state index in [9.17, 15) is 0 Å². The smallest absolute Gasteiger partial charge is 0.0712 e. The van der Waals surface area contributed by atoms with Crippen molar-refractivity contribution in [1.82, 2.24) is 0 Å². The van der Waals surface area contributed by atoms with Crippen molar-refractivity contribution in [2.24, 2.45) is 0 Å². The predicted octanol–water partition coefficient (Wildman–Crippen LogP) is 4.71. The average Bonchev–Trinajstić information content (AvgIpc) is 2.07. The molecule has 0 radical (unpaired) electrons. The first kappa shape index (κ1) is 11.3. The lowest BCUT2D eigenvalue weighted by molar-refractivity contribution is 1.17. The maximum Gasteiger partial charge on any atom is 0.0949 e. The lowest BCUT2D eigenvalue weighted by Crippen LogP contribution is -1.96.